The van der Waals surface area contributed by atoms with Gasteiger partial charge in [-0.25, -0.2) is 0 Å². The van der Waals surface area contributed by atoms with Crippen molar-refractivity contribution >= 4 is 24.2 Å². The quantitative estimate of drug-likeness (QED) is 0.701. The Hall–Kier alpha value is -1.40. The van der Waals surface area contributed by atoms with E-state index >= 15 is 0 Å². The van der Waals surface area contributed by atoms with Crippen molar-refractivity contribution < 1.29 is 9.47 Å². The Morgan fingerprint density at radius 3 is 2.33 bits per heavy atom. The van der Waals surface area contributed by atoms with Crippen LogP contribution >= 0.6 is 24.2 Å². The van der Waals surface area contributed by atoms with E-state index in [1.165, 1.54) is 16.0 Å². The molecular formula is C21H29ClN2O2S. The van der Waals surface area contributed by atoms with Gasteiger partial charge in [-0.05, 0) is 42.0 Å². The summed E-state index contributed by atoms with van der Waals surface area (Å²) in [5.74, 6) is 2.56. The molecular weight excluding hydrogens is 380 g/mol. The molecule has 27 heavy (non-hydrogen) atoms. The van der Waals surface area contributed by atoms with Crippen molar-refractivity contribution in [3.05, 3.63) is 53.6 Å². The van der Waals surface area contributed by atoms with Crippen molar-refractivity contribution in [2.24, 2.45) is 11.7 Å². The maximum Gasteiger partial charge on any atom is 0.161 e. The Balaban J connectivity index is 0.00000261. The number of halogens is 1. The summed E-state index contributed by atoms with van der Waals surface area (Å²) in [4.78, 5) is 3.74. The lowest BCUT2D eigenvalue weighted by Gasteiger charge is -2.20. The van der Waals surface area contributed by atoms with Crippen LogP contribution in [0.1, 0.15) is 17.0 Å². The highest BCUT2D eigenvalue weighted by molar-refractivity contribution is 7.98. The Labute approximate surface area is 172 Å². The molecule has 2 aromatic rings. The van der Waals surface area contributed by atoms with Gasteiger partial charge >= 0.3 is 0 Å². The van der Waals surface area contributed by atoms with E-state index in [9.17, 15) is 0 Å². The van der Waals surface area contributed by atoms with Crippen molar-refractivity contribution in [1.29, 1.82) is 0 Å². The van der Waals surface area contributed by atoms with Crippen LogP contribution in [0.2, 0.25) is 0 Å². The Kier molecular flexibility index (Phi) is 8.29. The van der Waals surface area contributed by atoms with E-state index in [2.05, 4.69) is 53.6 Å². The molecule has 0 unspecified atom stereocenters. The zero-order valence-electron chi connectivity index (χ0n) is 16.2. The summed E-state index contributed by atoms with van der Waals surface area (Å²) < 4.78 is 10.9. The first-order valence-corrected chi connectivity index (χ1v) is 10.2. The number of likely N-dealkylation sites (tertiary alicyclic amines) is 1. The highest BCUT2D eigenvalue weighted by atomic mass is 35.5. The van der Waals surface area contributed by atoms with Crippen LogP contribution < -0.4 is 15.2 Å². The Bertz CT molecular complexity index is 730. The number of nitrogens with zero attached hydrogens (tertiary/aromatic N) is 1. The molecule has 2 aromatic carbocycles. The van der Waals surface area contributed by atoms with E-state index in [1.807, 2.05) is 0 Å². The molecule has 2 N–H and O–H groups in total. The van der Waals surface area contributed by atoms with E-state index in [4.69, 9.17) is 15.2 Å². The van der Waals surface area contributed by atoms with Gasteiger partial charge in [0.15, 0.2) is 11.5 Å². The van der Waals surface area contributed by atoms with Crippen molar-refractivity contribution in [3.8, 4) is 11.5 Å². The van der Waals surface area contributed by atoms with E-state index in [0.29, 0.717) is 11.8 Å². The topological polar surface area (TPSA) is 47.7 Å². The zero-order chi connectivity index (χ0) is 18.5. The minimum Gasteiger partial charge on any atom is -0.493 e. The summed E-state index contributed by atoms with van der Waals surface area (Å²) in [7, 11) is 3.37. The van der Waals surface area contributed by atoms with E-state index in [-0.39, 0.29) is 12.4 Å². The summed E-state index contributed by atoms with van der Waals surface area (Å²) in [6, 6.07) is 14.9. The van der Waals surface area contributed by atoms with Crippen LogP contribution in [-0.4, -0.2) is 45.0 Å². The largest absolute Gasteiger partial charge is 0.493 e. The lowest BCUT2D eigenvalue weighted by molar-refractivity contribution is 0.311. The first kappa shape index (κ1) is 21.9. The van der Waals surface area contributed by atoms with Crippen LogP contribution in [0, 0.1) is 5.92 Å². The maximum absolute atomic E-state index is 6.09. The monoisotopic (exact) mass is 408 g/mol. The van der Waals surface area contributed by atoms with Crippen molar-refractivity contribution in [3.63, 3.8) is 0 Å². The van der Waals surface area contributed by atoms with Gasteiger partial charge in [0, 0.05) is 30.4 Å². The van der Waals surface area contributed by atoms with Gasteiger partial charge in [-0.15, -0.1) is 24.2 Å². The average molecular weight is 409 g/mol. The van der Waals surface area contributed by atoms with Gasteiger partial charge in [-0.3, -0.25) is 4.90 Å². The molecule has 0 amide bonds. The van der Waals surface area contributed by atoms with E-state index in [0.717, 1.165) is 37.7 Å². The smallest absolute Gasteiger partial charge is 0.161 e. The number of rotatable bonds is 7. The summed E-state index contributed by atoms with van der Waals surface area (Å²) >= 11 is 1.74. The van der Waals surface area contributed by atoms with E-state index in [1.54, 1.807) is 26.0 Å². The fourth-order valence-electron chi connectivity index (χ4n) is 3.86. The van der Waals surface area contributed by atoms with Crippen molar-refractivity contribution in [2.45, 2.75) is 17.4 Å². The van der Waals surface area contributed by atoms with Crippen LogP contribution in [0.3, 0.4) is 0 Å². The van der Waals surface area contributed by atoms with Gasteiger partial charge in [-0.2, -0.15) is 0 Å². The molecule has 6 heteroatoms. The highest BCUT2D eigenvalue weighted by Crippen LogP contribution is 2.37. The van der Waals surface area contributed by atoms with Crippen molar-refractivity contribution in [1.82, 2.24) is 4.90 Å². The number of ether oxygens (including phenoxy) is 2. The van der Waals surface area contributed by atoms with Crippen molar-refractivity contribution in [2.75, 3.05) is 40.1 Å². The molecule has 1 aliphatic heterocycles. The molecule has 0 aromatic heterocycles. The van der Waals surface area contributed by atoms with E-state index < -0.39 is 0 Å². The third-order valence-electron chi connectivity index (χ3n) is 5.23. The molecule has 1 heterocycles. The van der Waals surface area contributed by atoms with Gasteiger partial charge in [0.2, 0.25) is 0 Å². The predicted molar refractivity (Wildman–Crippen MR) is 116 cm³/mol. The van der Waals surface area contributed by atoms with Crippen LogP contribution in [-0.2, 0) is 6.54 Å². The molecule has 3 rings (SSSR count). The van der Waals surface area contributed by atoms with Crippen LogP contribution in [0.4, 0.5) is 0 Å². The molecule has 0 spiro atoms. The number of thioether (sulfide) groups is 1. The van der Waals surface area contributed by atoms with Crippen LogP contribution in [0.25, 0.3) is 0 Å². The fourth-order valence-corrected chi connectivity index (χ4v) is 4.47. The number of hydrogen-bond donors (Lipinski definition) is 1. The number of nitrogens with two attached hydrogens (primary N) is 1. The molecule has 0 bridgehead atoms. The lowest BCUT2D eigenvalue weighted by Crippen LogP contribution is -2.23. The first-order valence-electron chi connectivity index (χ1n) is 8.96. The second-order valence-electron chi connectivity index (χ2n) is 6.73. The molecule has 1 fully saturated rings. The summed E-state index contributed by atoms with van der Waals surface area (Å²) in [6.45, 7) is 3.68. The fraction of sp³-hybridized carbons (Fsp3) is 0.429. The number of hydrogen-bond acceptors (Lipinski definition) is 5. The third-order valence-corrected chi connectivity index (χ3v) is 6.05. The minimum absolute atomic E-state index is 0. The standard InChI is InChI=1S/C21H28N2O2S.ClH/c1-24-19-9-16(21(26-3)10-20(19)25-2)12-23-13-17(11-22)18(14-23)15-7-5-4-6-8-15;/h4-10,17-18H,11-14,22H2,1-3H3;1H/t17-,18+;/m1./s1. The SMILES string of the molecule is COc1cc(CN2C[C@@H](CN)[C@H](c3ccccc3)C2)c(SC)cc1OC.Cl. The number of methoxy groups -OCH3 is 2. The summed E-state index contributed by atoms with van der Waals surface area (Å²) in [6.07, 6.45) is 2.10. The molecule has 1 aliphatic rings. The van der Waals surface area contributed by atoms with Crippen LogP contribution in [0.15, 0.2) is 47.4 Å². The minimum atomic E-state index is 0. The second kappa shape index (κ2) is 10.2. The van der Waals surface area contributed by atoms with Gasteiger partial charge < -0.3 is 15.2 Å². The first-order chi connectivity index (χ1) is 12.7. The summed E-state index contributed by atoms with van der Waals surface area (Å²) in [5.41, 5.74) is 8.76. The molecule has 148 valence electrons. The normalized spacial score (nSPS) is 19.6. The van der Waals surface area contributed by atoms with Gasteiger partial charge in [-0.1, -0.05) is 30.3 Å². The molecule has 4 nitrogen and oxygen atoms in total. The molecule has 1 saturated heterocycles. The predicted octanol–water partition coefficient (Wildman–Crippen LogP) is 4.02. The van der Waals surface area contributed by atoms with Crippen LogP contribution in [0.5, 0.6) is 11.5 Å². The summed E-state index contributed by atoms with van der Waals surface area (Å²) in [5, 5.41) is 0. The number of benzene rings is 2. The third kappa shape index (κ3) is 4.91. The Morgan fingerprint density at radius 1 is 1.07 bits per heavy atom. The van der Waals surface area contributed by atoms with Gasteiger partial charge in [0.05, 0.1) is 14.2 Å². The molecule has 2 atom stereocenters. The zero-order valence-corrected chi connectivity index (χ0v) is 17.8. The lowest BCUT2D eigenvalue weighted by atomic mass is 9.89. The Morgan fingerprint density at radius 2 is 1.74 bits per heavy atom. The maximum atomic E-state index is 6.09. The van der Waals surface area contributed by atoms with Gasteiger partial charge in [0.25, 0.3) is 0 Å². The molecule has 0 aliphatic carbocycles. The second-order valence-corrected chi connectivity index (χ2v) is 7.57. The molecule has 0 saturated carbocycles. The highest BCUT2D eigenvalue weighted by Gasteiger charge is 2.33. The molecule has 0 radical (unpaired) electrons. The van der Waals surface area contributed by atoms with Gasteiger partial charge in [0.1, 0.15) is 0 Å². The average Bonchev–Trinajstić information content (AvgIpc) is 3.11.